The topological polar surface area (TPSA) is 108 Å². The van der Waals surface area contributed by atoms with Crippen LogP contribution in [0.5, 0.6) is 5.88 Å². The Labute approximate surface area is 175 Å². The van der Waals surface area contributed by atoms with Gasteiger partial charge in [0.25, 0.3) is 0 Å². The molecule has 2 aromatic rings. The molecule has 1 fully saturated rings. The molecule has 2 aliphatic heterocycles. The summed E-state index contributed by atoms with van der Waals surface area (Å²) in [5.41, 5.74) is 1.06. The minimum absolute atomic E-state index is 0.0777. The minimum Gasteiger partial charge on any atom is -0.473 e. The van der Waals surface area contributed by atoms with Crippen molar-refractivity contribution in [2.45, 2.75) is 44.2 Å². The molecular formula is C21H28N6O3. The van der Waals surface area contributed by atoms with Crippen molar-refractivity contribution in [1.29, 1.82) is 0 Å². The van der Waals surface area contributed by atoms with Crippen LogP contribution in [0, 0.1) is 0 Å². The Morgan fingerprint density at radius 3 is 2.70 bits per heavy atom. The van der Waals surface area contributed by atoms with E-state index in [-0.39, 0.29) is 12.7 Å². The van der Waals surface area contributed by atoms with Crippen molar-refractivity contribution in [3.63, 3.8) is 0 Å². The molecule has 1 unspecified atom stereocenters. The molecular weight excluding hydrogens is 384 g/mol. The van der Waals surface area contributed by atoms with Crippen LogP contribution in [0.2, 0.25) is 0 Å². The highest BCUT2D eigenvalue weighted by Gasteiger charge is 2.40. The smallest absolute Gasteiger partial charge is 0.232 e. The number of piperidine rings is 1. The Balaban J connectivity index is 1.44. The molecule has 30 heavy (non-hydrogen) atoms. The molecule has 9 heteroatoms. The van der Waals surface area contributed by atoms with Gasteiger partial charge in [0.2, 0.25) is 11.7 Å². The number of dihydropyridines is 1. The zero-order valence-corrected chi connectivity index (χ0v) is 17.3. The molecule has 0 aromatic carbocycles. The van der Waals surface area contributed by atoms with Gasteiger partial charge in [0.05, 0.1) is 24.6 Å². The molecule has 0 aliphatic carbocycles. The molecule has 4 heterocycles. The summed E-state index contributed by atoms with van der Waals surface area (Å²) in [4.78, 5) is 10.5. The number of allylic oxidation sites excluding steroid dienone is 2. The lowest BCUT2D eigenvalue weighted by Gasteiger charge is -2.46. The average Bonchev–Trinajstić information content (AvgIpc) is 3.28. The van der Waals surface area contributed by atoms with E-state index in [1.165, 1.54) is 0 Å². The summed E-state index contributed by atoms with van der Waals surface area (Å²) in [6.07, 6.45) is 16.2. The quantitative estimate of drug-likeness (QED) is 0.630. The van der Waals surface area contributed by atoms with Crippen molar-refractivity contribution < 1.29 is 14.6 Å². The monoisotopic (exact) mass is 412 g/mol. The number of rotatable bonds is 7. The number of aliphatic hydroxyl groups is 1. The Hall–Kier alpha value is -2.75. The molecule has 0 bridgehead atoms. The van der Waals surface area contributed by atoms with Gasteiger partial charge in [-0.15, -0.1) is 0 Å². The fourth-order valence-electron chi connectivity index (χ4n) is 3.56. The van der Waals surface area contributed by atoms with E-state index in [9.17, 15) is 5.11 Å². The van der Waals surface area contributed by atoms with Crippen molar-refractivity contribution in [1.82, 2.24) is 30.4 Å². The second-order valence-electron chi connectivity index (χ2n) is 8.21. The van der Waals surface area contributed by atoms with Crippen LogP contribution in [0.4, 0.5) is 0 Å². The van der Waals surface area contributed by atoms with Crippen LogP contribution >= 0.6 is 0 Å². The highest BCUT2D eigenvalue weighted by atomic mass is 16.5. The van der Waals surface area contributed by atoms with E-state index in [2.05, 4.69) is 30.4 Å². The van der Waals surface area contributed by atoms with Gasteiger partial charge in [0, 0.05) is 49.0 Å². The standard InChI is InChI=1S/C21H28N6O3/c1-20(2,28)15-29-21(6-3-16(11-24-21)17-12-25-26-13-17)27-9-4-18(5-10-27)30-19-14-22-7-8-23-19/h3,6-8,11-14,18,24,28H,4-5,9-10,15H2,1-2H3,(H,25,26). The molecule has 1 saturated heterocycles. The Kier molecular flexibility index (Phi) is 5.85. The van der Waals surface area contributed by atoms with E-state index >= 15 is 0 Å². The summed E-state index contributed by atoms with van der Waals surface area (Å²) in [6.45, 7) is 5.20. The van der Waals surface area contributed by atoms with Crippen LogP contribution in [0.1, 0.15) is 32.3 Å². The van der Waals surface area contributed by atoms with E-state index in [1.807, 2.05) is 24.5 Å². The average molecular weight is 412 g/mol. The number of hydrogen-bond acceptors (Lipinski definition) is 8. The predicted octanol–water partition coefficient (Wildman–Crippen LogP) is 1.68. The fourth-order valence-corrected chi connectivity index (χ4v) is 3.56. The Morgan fingerprint density at radius 2 is 2.10 bits per heavy atom. The maximum atomic E-state index is 10.2. The molecule has 1 atom stereocenters. The highest BCUT2D eigenvalue weighted by Crippen LogP contribution is 2.29. The second-order valence-corrected chi connectivity index (χ2v) is 8.21. The highest BCUT2D eigenvalue weighted by molar-refractivity contribution is 5.74. The van der Waals surface area contributed by atoms with Crippen LogP contribution in [0.3, 0.4) is 0 Å². The number of ether oxygens (including phenoxy) is 2. The lowest BCUT2D eigenvalue weighted by molar-refractivity contribution is -0.177. The van der Waals surface area contributed by atoms with Crippen molar-refractivity contribution in [3.05, 3.63) is 54.9 Å². The normalized spacial score (nSPS) is 23.1. The first-order valence-corrected chi connectivity index (χ1v) is 10.1. The van der Waals surface area contributed by atoms with Gasteiger partial charge in [-0.1, -0.05) is 6.08 Å². The van der Waals surface area contributed by atoms with Crippen LogP contribution in [-0.4, -0.2) is 67.4 Å². The van der Waals surface area contributed by atoms with Crippen molar-refractivity contribution in [2.75, 3.05) is 19.7 Å². The molecule has 0 amide bonds. The third-order valence-electron chi connectivity index (χ3n) is 5.14. The maximum absolute atomic E-state index is 10.2. The molecule has 3 N–H and O–H groups in total. The first-order valence-electron chi connectivity index (χ1n) is 10.1. The Morgan fingerprint density at radius 1 is 1.27 bits per heavy atom. The predicted molar refractivity (Wildman–Crippen MR) is 111 cm³/mol. The number of likely N-dealkylation sites (tertiary alicyclic amines) is 1. The SMILES string of the molecule is CC(C)(O)COC1(N2CCC(Oc3cnccn3)CC2)C=CC(c2cn[nH]c2)=CN1. The first kappa shape index (κ1) is 20.5. The van der Waals surface area contributed by atoms with E-state index in [0.717, 1.165) is 37.1 Å². The first-order chi connectivity index (χ1) is 14.4. The number of aromatic amines is 1. The summed E-state index contributed by atoms with van der Waals surface area (Å²) in [7, 11) is 0. The molecule has 2 aliphatic rings. The number of hydrogen-bond donors (Lipinski definition) is 3. The fraction of sp³-hybridized carbons (Fsp3) is 0.476. The number of aromatic nitrogens is 4. The summed E-state index contributed by atoms with van der Waals surface area (Å²) in [5.74, 6) is -0.280. The van der Waals surface area contributed by atoms with Crippen LogP contribution in [-0.2, 0) is 4.74 Å². The third-order valence-corrected chi connectivity index (χ3v) is 5.14. The van der Waals surface area contributed by atoms with Crippen molar-refractivity contribution >= 4 is 5.57 Å². The van der Waals surface area contributed by atoms with Crippen LogP contribution < -0.4 is 10.1 Å². The maximum Gasteiger partial charge on any atom is 0.232 e. The number of H-pyrrole nitrogens is 1. The molecule has 0 spiro atoms. The third kappa shape index (κ3) is 4.86. The molecule has 4 rings (SSSR count). The zero-order chi connectivity index (χ0) is 21.0. The second kappa shape index (κ2) is 8.55. The van der Waals surface area contributed by atoms with Crippen molar-refractivity contribution in [2.24, 2.45) is 0 Å². The van der Waals surface area contributed by atoms with Gasteiger partial charge in [0.1, 0.15) is 6.10 Å². The van der Waals surface area contributed by atoms with E-state index in [1.54, 1.807) is 38.6 Å². The van der Waals surface area contributed by atoms with Gasteiger partial charge in [-0.25, -0.2) is 4.98 Å². The lowest BCUT2D eigenvalue weighted by Crippen LogP contribution is -2.62. The summed E-state index contributed by atoms with van der Waals surface area (Å²) < 4.78 is 12.2. The molecule has 160 valence electrons. The van der Waals surface area contributed by atoms with Crippen molar-refractivity contribution in [3.8, 4) is 5.88 Å². The Bertz CT molecular complexity index is 870. The minimum atomic E-state index is -0.940. The summed E-state index contributed by atoms with van der Waals surface area (Å²) >= 11 is 0. The van der Waals surface area contributed by atoms with Crippen LogP contribution in [0.15, 0.2) is 49.3 Å². The van der Waals surface area contributed by atoms with E-state index in [4.69, 9.17) is 9.47 Å². The van der Waals surface area contributed by atoms with Gasteiger partial charge in [0.15, 0.2) is 0 Å². The van der Waals surface area contributed by atoms with E-state index < -0.39 is 11.4 Å². The van der Waals surface area contributed by atoms with E-state index in [0.29, 0.717) is 5.88 Å². The molecule has 2 aromatic heterocycles. The van der Waals surface area contributed by atoms with Gasteiger partial charge in [-0.05, 0) is 32.8 Å². The molecule has 0 saturated carbocycles. The number of nitrogens with zero attached hydrogens (tertiary/aromatic N) is 4. The summed E-state index contributed by atoms with van der Waals surface area (Å²) in [5, 5.41) is 20.5. The molecule has 0 radical (unpaired) electrons. The van der Waals surface area contributed by atoms with Gasteiger partial charge in [-0.3, -0.25) is 15.0 Å². The lowest BCUT2D eigenvalue weighted by atomic mass is 10.0. The van der Waals surface area contributed by atoms with Gasteiger partial charge in [-0.2, -0.15) is 5.10 Å². The van der Waals surface area contributed by atoms with Gasteiger partial charge < -0.3 is 19.9 Å². The van der Waals surface area contributed by atoms with Crippen LogP contribution in [0.25, 0.3) is 5.57 Å². The summed E-state index contributed by atoms with van der Waals surface area (Å²) in [6, 6.07) is 0. The molecule has 9 nitrogen and oxygen atoms in total. The van der Waals surface area contributed by atoms with Gasteiger partial charge >= 0.3 is 0 Å². The largest absolute Gasteiger partial charge is 0.473 e. The zero-order valence-electron chi connectivity index (χ0n) is 17.3. The number of nitrogens with one attached hydrogen (secondary N) is 2.